The minimum atomic E-state index is -0.296. The summed E-state index contributed by atoms with van der Waals surface area (Å²) in [7, 11) is 0. The third kappa shape index (κ3) is 1.99. The Bertz CT molecular complexity index is 392. The van der Waals surface area contributed by atoms with Gasteiger partial charge in [-0.05, 0) is 49.4 Å². The molecule has 0 amide bonds. The van der Waals surface area contributed by atoms with Crippen molar-refractivity contribution in [2.75, 3.05) is 0 Å². The van der Waals surface area contributed by atoms with Crippen molar-refractivity contribution in [2.45, 2.75) is 51.5 Å². The zero-order chi connectivity index (χ0) is 11.8. The van der Waals surface area contributed by atoms with Crippen molar-refractivity contribution in [1.29, 1.82) is 0 Å². The van der Waals surface area contributed by atoms with Crippen LogP contribution >= 0.6 is 0 Å². The second kappa shape index (κ2) is 4.17. The fraction of sp³-hybridized carbons (Fsp3) is 0.571. The van der Waals surface area contributed by atoms with E-state index in [0.29, 0.717) is 0 Å². The van der Waals surface area contributed by atoms with Crippen molar-refractivity contribution < 1.29 is 4.39 Å². The second-order valence-electron chi connectivity index (χ2n) is 5.14. The first-order valence-electron chi connectivity index (χ1n) is 6.09. The molecular weight excluding hydrogens is 201 g/mol. The Morgan fingerprint density at radius 2 is 1.75 bits per heavy atom. The Morgan fingerprint density at radius 3 is 2.38 bits per heavy atom. The highest BCUT2D eigenvalue weighted by Crippen LogP contribution is 2.37. The maximum absolute atomic E-state index is 13.7. The summed E-state index contributed by atoms with van der Waals surface area (Å²) in [5, 5.41) is 0. The zero-order valence-corrected chi connectivity index (χ0v) is 10.1. The van der Waals surface area contributed by atoms with Crippen molar-refractivity contribution >= 4 is 0 Å². The molecule has 16 heavy (non-hydrogen) atoms. The summed E-state index contributed by atoms with van der Waals surface area (Å²) in [4.78, 5) is 0. The van der Waals surface area contributed by atoms with Gasteiger partial charge in [-0.2, -0.15) is 0 Å². The SMILES string of the molecule is Cc1cc(F)c(C)c(C2(N)CCCCC2)c1. The van der Waals surface area contributed by atoms with E-state index >= 15 is 0 Å². The molecule has 0 unspecified atom stereocenters. The predicted molar refractivity (Wildman–Crippen MR) is 64.8 cm³/mol. The van der Waals surface area contributed by atoms with Gasteiger partial charge in [0.05, 0.1) is 0 Å². The quantitative estimate of drug-likeness (QED) is 0.771. The lowest BCUT2D eigenvalue weighted by Crippen LogP contribution is -2.39. The van der Waals surface area contributed by atoms with Crippen LogP contribution in [-0.2, 0) is 5.54 Å². The minimum absolute atomic E-state index is 0.120. The second-order valence-corrected chi connectivity index (χ2v) is 5.14. The molecule has 1 aromatic rings. The van der Waals surface area contributed by atoms with E-state index in [-0.39, 0.29) is 11.4 Å². The number of hydrogen-bond donors (Lipinski definition) is 1. The lowest BCUT2D eigenvalue weighted by Gasteiger charge is -2.35. The number of hydrogen-bond acceptors (Lipinski definition) is 1. The monoisotopic (exact) mass is 221 g/mol. The van der Waals surface area contributed by atoms with Crippen LogP contribution in [0.5, 0.6) is 0 Å². The smallest absolute Gasteiger partial charge is 0.126 e. The fourth-order valence-corrected chi connectivity index (χ4v) is 2.78. The molecule has 0 atom stereocenters. The zero-order valence-electron chi connectivity index (χ0n) is 10.1. The van der Waals surface area contributed by atoms with E-state index in [0.717, 1.165) is 42.4 Å². The molecule has 1 saturated carbocycles. The molecule has 88 valence electrons. The van der Waals surface area contributed by atoms with Crippen LogP contribution in [0.1, 0.15) is 48.8 Å². The highest BCUT2D eigenvalue weighted by molar-refractivity contribution is 5.37. The number of aryl methyl sites for hydroxylation is 1. The summed E-state index contributed by atoms with van der Waals surface area (Å²) in [6.45, 7) is 3.77. The molecule has 1 aliphatic rings. The van der Waals surface area contributed by atoms with Crippen molar-refractivity contribution in [3.05, 3.63) is 34.6 Å². The van der Waals surface area contributed by atoms with E-state index < -0.39 is 0 Å². The van der Waals surface area contributed by atoms with Crippen LogP contribution in [0.2, 0.25) is 0 Å². The van der Waals surface area contributed by atoms with Gasteiger partial charge in [0.15, 0.2) is 0 Å². The van der Waals surface area contributed by atoms with Gasteiger partial charge in [-0.25, -0.2) is 4.39 Å². The first-order valence-corrected chi connectivity index (χ1v) is 6.09. The molecule has 1 aromatic carbocycles. The Labute approximate surface area is 96.9 Å². The van der Waals surface area contributed by atoms with Gasteiger partial charge in [-0.3, -0.25) is 0 Å². The Balaban J connectivity index is 2.45. The third-order valence-corrected chi connectivity index (χ3v) is 3.77. The summed E-state index contributed by atoms with van der Waals surface area (Å²) in [6, 6.07) is 3.65. The molecule has 0 spiro atoms. The first kappa shape index (κ1) is 11.6. The van der Waals surface area contributed by atoms with Crippen molar-refractivity contribution in [1.82, 2.24) is 0 Å². The molecule has 0 aliphatic heterocycles. The van der Waals surface area contributed by atoms with Crippen LogP contribution in [0.15, 0.2) is 12.1 Å². The molecule has 0 bridgehead atoms. The van der Waals surface area contributed by atoms with Crippen molar-refractivity contribution in [3.8, 4) is 0 Å². The topological polar surface area (TPSA) is 26.0 Å². The molecular formula is C14H20FN. The van der Waals surface area contributed by atoms with Gasteiger partial charge in [0.1, 0.15) is 5.82 Å². The number of rotatable bonds is 1. The molecule has 1 nitrogen and oxygen atoms in total. The summed E-state index contributed by atoms with van der Waals surface area (Å²) in [5.41, 5.74) is 8.87. The van der Waals surface area contributed by atoms with Crippen LogP contribution in [-0.4, -0.2) is 0 Å². The Kier molecular flexibility index (Phi) is 3.02. The van der Waals surface area contributed by atoms with Crippen LogP contribution in [0.25, 0.3) is 0 Å². The maximum atomic E-state index is 13.7. The van der Waals surface area contributed by atoms with E-state index in [9.17, 15) is 4.39 Å². The van der Waals surface area contributed by atoms with Crippen molar-refractivity contribution in [3.63, 3.8) is 0 Å². The van der Waals surface area contributed by atoms with Crippen LogP contribution in [0, 0.1) is 19.7 Å². The third-order valence-electron chi connectivity index (χ3n) is 3.77. The highest BCUT2D eigenvalue weighted by Gasteiger charge is 2.31. The molecule has 1 aliphatic carbocycles. The van der Waals surface area contributed by atoms with E-state index in [4.69, 9.17) is 5.73 Å². The summed E-state index contributed by atoms with van der Waals surface area (Å²) in [6.07, 6.45) is 5.54. The van der Waals surface area contributed by atoms with Gasteiger partial charge in [0, 0.05) is 5.54 Å². The molecule has 0 saturated heterocycles. The molecule has 0 heterocycles. The lowest BCUT2D eigenvalue weighted by molar-refractivity contribution is 0.300. The standard InChI is InChI=1S/C14H20FN/c1-10-8-12(11(2)13(15)9-10)14(16)6-4-3-5-7-14/h8-9H,3-7,16H2,1-2H3. The van der Waals surface area contributed by atoms with Crippen LogP contribution in [0.4, 0.5) is 4.39 Å². The van der Waals surface area contributed by atoms with Crippen molar-refractivity contribution in [2.24, 2.45) is 5.73 Å². The average molecular weight is 221 g/mol. The Hall–Kier alpha value is -0.890. The summed E-state index contributed by atoms with van der Waals surface area (Å²) >= 11 is 0. The first-order chi connectivity index (χ1) is 7.53. The highest BCUT2D eigenvalue weighted by atomic mass is 19.1. The van der Waals surface area contributed by atoms with Gasteiger partial charge >= 0.3 is 0 Å². The predicted octanol–water partition coefficient (Wildman–Crippen LogP) is 3.56. The molecule has 2 heteroatoms. The summed E-state index contributed by atoms with van der Waals surface area (Å²) < 4.78 is 13.7. The van der Waals surface area contributed by atoms with Gasteiger partial charge in [0.25, 0.3) is 0 Å². The minimum Gasteiger partial charge on any atom is -0.321 e. The normalized spacial score (nSPS) is 19.8. The molecule has 0 radical (unpaired) electrons. The summed E-state index contributed by atoms with van der Waals surface area (Å²) in [5.74, 6) is -0.120. The Morgan fingerprint density at radius 1 is 1.12 bits per heavy atom. The molecule has 0 aromatic heterocycles. The largest absolute Gasteiger partial charge is 0.321 e. The number of nitrogens with two attached hydrogens (primary N) is 1. The van der Waals surface area contributed by atoms with Gasteiger partial charge in [0.2, 0.25) is 0 Å². The van der Waals surface area contributed by atoms with E-state index in [2.05, 4.69) is 6.07 Å². The lowest BCUT2D eigenvalue weighted by atomic mass is 9.75. The van der Waals surface area contributed by atoms with Gasteiger partial charge in [-0.1, -0.05) is 25.3 Å². The maximum Gasteiger partial charge on any atom is 0.126 e. The molecule has 2 rings (SSSR count). The average Bonchev–Trinajstić information content (AvgIpc) is 2.24. The molecule has 2 N–H and O–H groups in total. The number of benzene rings is 1. The van der Waals surface area contributed by atoms with Gasteiger partial charge < -0.3 is 5.73 Å². The van der Waals surface area contributed by atoms with E-state index in [1.807, 2.05) is 13.8 Å². The van der Waals surface area contributed by atoms with E-state index in [1.54, 1.807) is 6.07 Å². The number of halogens is 1. The van der Waals surface area contributed by atoms with Gasteiger partial charge in [-0.15, -0.1) is 0 Å². The van der Waals surface area contributed by atoms with E-state index in [1.165, 1.54) is 6.42 Å². The van der Waals surface area contributed by atoms with Crippen LogP contribution < -0.4 is 5.73 Å². The van der Waals surface area contributed by atoms with Crippen LogP contribution in [0.3, 0.4) is 0 Å². The fourth-order valence-electron chi connectivity index (χ4n) is 2.78. The molecule has 1 fully saturated rings.